The molecule has 0 aromatic carbocycles. The van der Waals surface area contributed by atoms with E-state index in [0.717, 1.165) is 36.1 Å². The van der Waals surface area contributed by atoms with Gasteiger partial charge < -0.3 is 10.4 Å². The van der Waals surface area contributed by atoms with Crippen LogP contribution < -0.4 is 10.9 Å². The minimum atomic E-state index is -4.52. The van der Waals surface area contributed by atoms with E-state index in [1.54, 1.807) is 0 Å². The van der Waals surface area contributed by atoms with Gasteiger partial charge in [-0.1, -0.05) is 24.4 Å². The van der Waals surface area contributed by atoms with Gasteiger partial charge in [0.25, 0.3) is 5.56 Å². The number of nitrogens with one attached hydrogen (secondary N) is 1. The third-order valence-electron chi connectivity index (χ3n) is 4.28. The van der Waals surface area contributed by atoms with Crippen molar-refractivity contribution in [1.29, 1.82) is 0 Å². The summed E-state index contributed by atoms with van der Waals surface area (Å²) in [7, 11) is 0. The summed E-state index contributed by atoms with van der Waals surface area (Å²) in [6, 6.07) is 1.63. The molecule has 2 atom stereocenters. The number of pyridine rings is 1. The molecule has 0 spiro atoms. The van der Waals surface area contributed by atoms with Crippen molar-refractivity contribution in [3.8, 4) is 5.82 Å². The van der Waals surface area contributed by atoms with E-state index in [1.165, 1.54) is 6.20 Å². The van der Waals surface area contributed by atoms with Gasteiger partial charge in [-0.25, -0.2) is 4.98 Å². The van der Waals surface area contributed by atoms with E-state index in [-0.39, 0.29) is 22.6 Å². The lowest BCUT2D eigenvalue weighted by molar-refractivity contribution is -0.137. The van der Waals surface area contributed by atoms with Crippen LogP contribution in [0.2, 0.25) is 5.02 Å². The van der Waals surface area contributed by atoms with Crippen molar-refractivity contribution >= 4 is 17.3 Å². The van der Waals surface area contributed by atoms with Crippen molar-refractivity contribution < 1.29 is 18.3 Å². The number of aromatic nitrogens is 3. The van der Waals surface area contributed by atoms with Gasteiger partial charge in [-0.3, -0.25) is 4.79 Å². The summed E-state index contributed by atoms with van der Waals surface area (Å²) in [6.45, 7) is 0. The topological polar surface area (TPSA) is 80.0 Å². The number of rotatable bonds is 3. The molecule has 2 aromatic rings. The molecule has 0 radical (unpaired) electrons. The van der Waals surface area contributed by atoms with Gasteiger partial charge in [-0.2, -0.15) is 23.0 Å². The van der Waals surface area contributed by atoms with Gasteiger partial charge in [0.2, 0.25) is 0 Å². The molecular formula is C16H16ClF3N4O2. The third-order valence-corrected chi connectivity index (χ3v) is 4.65. The highest BCUT2D eigenvalue weighted by Crippen LogP contribution is 2.29. The van der Waals surface area contributed by atoms with Crippen LogP contribution in [0.1, 0.15) is 31.2 Å². The second-order valence-electron chi connectivity index (χ2n) is 6.09. The first-order chi connectivity index (χ1) is 12.3. The summed E-state index contributed by atoms with van der Waals surface area (Å²) in [6.07, 6.45) is 0.149. The highest BCUT2D eigenvalue weighted by atomic mass is 35.5. The van der Waals surface area contributed by atoms with Gasteiger partial charge in [0.05, 0.1) is 29.6 Å². The Balaban J connectivity index is 1.86. The highest BCUT2D eigenvalue weighted by Gasteiger charge is 2.31. The number of nitrogens with zero attached hydrogens (tertiary/aromatic N) is 3. The summed E-state index contributed by atoms with van der Waals surface area (Å²) >= 11 is 6.09. The maximum absolute atomic E-state index is 12.6. The molecule has 140 valence electrons. The molecule has 6 nitrogen and oxygen atoms in total. The van der Waals surface area contributed by atoms with Gasteiger partial charge in [-0.05, 0) is 25.0 Å². The predicted octanol–water partition coefficient (Wildman–Crippen LogP) is 3.02. The Morgan fingerprint density at radius 1 is 1.23 bits per heavy atom. The fourth-order valence-electron chi connectivity index (χ4n) is 2.86. The zero-order valence-corrected chi connectivity index (χ0v) is 14.3. The van der Waals surface area contributed by atoms with Crippen molar-refractivity contribution in [3.63, 3.8) is 0 Å². The zero-order valence-electron chi connectivity index (χ0n) is 13.5. The molecule has 1 saturated carbocycles. The molecule has 0 aliphatic heterocycles. The summed E-state index contributed by atoms with van der Waals surface area (Å²) < 4.78 is 38.6. The molecule has 0 bridgehead atoms. The average molecular weight is 389 g/mol. The number of hydrogen-bond donors (Lipinski definition) is 2. The molecule has 3 rings (SSSR count). The fraction of sp³-hybridized carbons (Fsp3) is 0.438. The van der Waals surface area contributed by atoms with Crippen molar-refractivity contribution in [2.75, 3.05) is 5.32 Å². The normalized spacial score (nSPS) is 20.8. The summed E-state index contributed by atoms with van der Waals surface area (Å²) in [5.41, 5.74) is -1.37. The van der Waals surface area contributed by atoms with Crippen LogP contribution >= 0.6 is 11.6 Å². The summed E-state index contributed by atoms with van der Waals surface area (Å²) in [5.74, 6) is -0.0749. The largest absolute Gasteiger partial charge is 0.417 e. The number of hydrogen-bond acceptors (Lipinski definition) is 5. The van der Waals surface area contributed by atoms with Gasteiger partial charge in [0.1, 0.15) is 5.02 Å². The lowest BCUT2D eigenvalue weighted by Gasteiger charge is -2.29. The van der Waals surface area contributed by atoms with E-state index in [9.17, 15) is 23.1 Å². The minimum absolute atomic E-state index is 0.0749. The second-order valence-corrected chi connectivity index (χ2v) is 6.47. The van der Waals surface area contributed by atoms with E-state index >= 15 is 0 Å². The number of aliphatic hydroxyl groups excluding tert-OH is 1. The number of alkyl halides is 3. The van der Waals surface area contributed by atoms with Crippen LogP contribution in [0, 0.1) is 0 Å². The van der Waals surface area contributed by atoms with Crippen molar-refractivity contribution in [2.24, 2.45) is 0 Å². The second kappa shape index (κ2) is 7.24. The Hall–Kier alpha value is -2.13. The van der Waals surface area contributed by atoms with Crippen molar-refractivity contribution in [3.05, 3.63) is 45.5 Å². The molecular weight excluding hydrogens is 373 g/mol. The molecule has 10 heteroatoms. The quantitative estimate of drug-likeness (QED) is 0.845. The molecule has 2 heterocycles. The average Bonchev–Trinajstić information content (AvgIpc) is 2.60. The monoisotopic (exact) mass is 388 g/mol. The molecule has 0 unspecified atom stereocenters. The summed E-state index contributed by atoms with van der Waals surface area (Å²) in [5, 5.41) is 16.8. The van der Waals surface area contributed by atoms with Gasteiger partial charge >= 0.3 is 6.18 Å². The van der Waals surface area contributed by atoms with Crippen LogP contribution in [-0.4, -0.2) is 32.0 Å². The van der Waals surface area contributed by atoms with E-state index in [1.807, 2.05) is 0 Å². The van der Waals surface area contributed by atoms with Crippen molar-refractivity contribution in [2.45, 2.75) is 44.0 Å². The van der Waals surface area contributed by atoms with E-state index in [2.05, 4.69) is 15.4 Å². The lowest BCUT2D eigenvalue weighted by Crippen LogP contribution is -2.37. The molecule has 26 heavy (non-hydrogen) atoms. The van der Waals surface area contributed by atoms with Crippen LogP contribution in [-0.2, 0) is 6.18 Å². The Bertz CT molecular complexity index is 839. The first kappa shape index (κ1) is 18.7. The Morgan fingerprint density at radius 3 is 2.58 bits per heavy atom. The molecule has 0 amide bonds. The number of aliphatic hydroxyl groups is 1. The van der Waals surface area contributed by atoms with Crippen molar-refractivity contribution in [1.82, 2.24) is 14.8 Å². The first-order valence-electron chi connectivity index (χ1n) is 8.03. The van der Waals surface area contributed by atoms with E-state index in [4.69, 9.17) is 11.6 Å². The van der Waals surface area contributed by atoms with Crippen LogP contribution in [0.3, 0.4) is 0 Å². The molecule has 1 aliphatic rings. The SMILES string of the molecule is O=c1c(Cl)c(N[C@H]2CCCC[C@@H]2O)cnn1-c1ccc(C(F)(F)F)cn1. The van der Waals surface area contributed by atoms with Gasteiger partial charge in [0.15, 0.2) is 5.82 Å². The van der Waals surface area contributed by atoms with Gasteiger partial charge in [0, 0.05) is 6.20 Å². The standard InChI is InChI=1S/C16H16ClF3N4O2/c17-14-11(23-10-3-1-2-4-12(10)25)8-22-24(15(14)26)13-6-5-9(7-21-13)16(18,19)20/h5-8,10,12,23,25H,1-4H2/t10-,12-/m0/s1. The minimum Gasteiger partial charge on any atom is -0.391 e. The maximum Gasteiger partial charge on any atom is 0.417 e. The molecule has 1 fully saturated rings. The van der Waals surface area contributed by atoms with Crippen LogP contribution in [0.15, 0.2) is 29.3 Å². The van der Waals surface area contributed by atoms with Gasteiger partial charge in [-0.15, -0.1) is 0 Å². The molecule has 2 aromatic heterocycles. The van der Waals surface area contributed by atoms with Crippen LogP contribution in [0.5, 0.6) is 0 Å². The van der Waals surface area contributed by atoms with E-state index in [0.29, 0.717) is 12.6 Å². The highest BCUT2D eigenvalue weighted by molar-refractivity contribution is 6.32. The Morgan fingerprint density at radius 2 is 1.96 bits per heavy atom. The Kier molecular flexibility index (Phi) is 5.19. The maximum atomic E-state index is 12.6. The number of anilines is 1. The molecule has 1 aliphatic carbocycles. The fourth-order valence-corrected chi connectivity index (χ4v) is 3.04. The lowest BCUT2D eigenvalue weighted by atomic mass is 9.92. The first-order valence-corrected chi connectivity index (χ1v) is 8.41. The summed E-state index contributed by atoms with van der Waals surface area (Å²) in [4.78, 5) is 16.0. The molecule has 0 saturated heterocycles. The number of halogens is 4. The van der Waals surface area contributed by atoms with Crippen LogP contribution in [0.25, 0.3) is 5.82 Å². The predicted molar refractivity (Wildman–Crippen MR) is 89.5 cm³/mol. The van der Waals surface area contributed by atoms with E-state index < -0.39 is 23.4 Å². The Labute approximate surface area is 151 Å². The van der Waals surface area contributed by atoms with Crippen LogP contribution in [0.4, 0.5) is 18.9 Å². The zero-order chi connectivity index (χ0) is 18.9. The third kappa shape index (κ3) is 3.83. The molecule has 2 N–H and O–H groups in total. The smallest absolute Gasteiger partial charge is 0.391 e.